The van der Waals surface area contributed by atoms with Crippen LogP contribution in [-0.2, 0) is 11.3 Å². The SMILES string of the molecule is COc1ccc(CN2CCN([C@H](C)C(=O)N3C[C@H](C)C[C@H](C)C3)CC2)cc1OC. The predicted octanol–water partition coefficient (Wildman–Crippen LogP) is 2.71. The fourth-order valence-corrected chi connectivity index (χ4v) is 4.81. The average Bonchev–Trinajstić information content (AvgIpc) is 2.72. The molecule has 2 heterocycles. The maximum atomic E-state index is 13.0. The largest absolute Gasteiger partial charge is 0.493 e. The maximum Gasteiger partial charge on any atom is 0.239 e. The summed E-state index contributed by atoms with van der Waals surface area (Å²) in [6, 6.07) is 6.08. The van der Waals surface area contributed by atoms with Gasteiger partial charge in [0.1, 0.15) is 0 Å². The number of carbonyl (C=O) groups is 1. The van der Waals surface area contributed by atoms with Crippen molar-refractivity contribution in [2.75, 3.05) is 53.5 Å². The molecule has 29 heavy (non-hydrogen) atoms. The lowest BCUT2D eigenvalue weighted by Crippen LogP contribution is -2.56. The Bertz CT molecular complexity index is 678. The van der Waals surface area contributed by atoms with E-state index < -0.39 is 0 Å². The smallest absolute Gasteiger partial charge is 0.239 e. The van der Waals surface area contributed by atoms with Crippen molar-refractivity contribution in [2.45, 2.75) is 39.8 Å². The van der Waals surface area contributed by atoms with E-state index in [2.05, 4.69) is 47.6 Å². The van der Waals surface area contributed by atoms with E-state index in [4.69, 9.17) is 9.47 Å². The summed E-state index contributed by atoms with van der Waals surface area (Å²) in [4.78, 5) is 19.9. The molecule has 0 bridgehead atoms. The van der Waals surface area contributed by atoms with Crippen LogP contribution in [0.4, 0.5) is 0 Å². The fourth-order valence-electron chi connectivity index (χ4n) is 4.81. The summed E-state index contributed by atoms with van der Waals surface area (Å²) in [6.45, 7) is 13.1. The van der Waals surface area contributed by atoms with Gasteiger partial charge in [-0.2, -0.15) is 0 Å². The van der Waals surface area contributed by atoms with E-state index in [9.17, 15) is 4.79 Å². The first-order valence-electron chi connectivity index (χ1n) is 10.9. The van der Waals surface area contributed by atoms with Crippen molar-refractivity contribution < 1.29 is 14.3 Å². The monoisotopic (exact) mass is 403 g/mol. The minimum Gasteiger partial charge on any atom is -0.493 e. The first-order chi connectivity index (χ1) is 13.9. The highest BCUT2D eigenvalue weighted by molar-refractivity contribution is 5.81. The van der Waals surface area contributed by atoms with Crippen LogP contribution in [0.5, 0.6) is 11.5 Å². The fraction of sp³-hybridized carbons (Fsp3) is 0.696. The third kappa shape index (κ3) is 5.43. The van der Waals surface area contributed by atoms with Crippen molar-refractivity contribution in [2.24, 2.45) is 11.8 Å². The molecule has 1 aromatic carbocycles. The molecular formula is C23H37N3O3. The van der Waals surface area contributed by atoms with Gasteiger partial charge in [-0.1, -0.05) is 19.9 Å². The lowest BCUT2D eigenvalue weighted by molar-refractivity contribution is -0.139. The molecule has 1 aromatic rings. The van der Waals surface area contributed by atoms with Crippen molar-refractivity contribution in [1.82, 2.24) is 14.7 Å². The molecule has 0 unspecified atom stereocenters. The summed E-state index contributed by atoms with van der Waals surface area (Å²) < 4.78 is 10.7. The maximum absolute atomic E-state index is 13.0. The molecule has 3 atom stereocenters. The number of methoxy groups -OCH3 is 2. The van der Waals surface area contributed by atoms with E-state index in [0.29, 0.717) is 17.7 Å². The zero-order chi connectivity index (χ0) is 21.0. The van der Waals surface area contributed by atoms with E-state index in [0.717, 1.165) is 57.3 Å². The molecule has 0 radical (unpaired) electrons. The van der Waals surface area contributed by atoms with Crippen molar-refractivity contribution in [3.8, 4) is 11.5 Å². The molecule has 6 nitrogen and oxygen atoms in total. The highest BCUT2D eigenvalue weighted by Gasteiger charge is 2.32. The van der Waals surface area contributed by atoms with Crippen molar-refractivity contribution in [3.63, 3.8) is 0 Å². The number of ether oxygens (including phenoxy) is 2. The Morgan fingerprint density at radius 1 is 1.03 bits per heavy atom. The highest BCUT2D eigenvalue weighted by Crippen LogP contribution is 2.28. The molecular weight excluding hydrogens is 366 g/mol. The second kappa shape index (κ2) is 9.81. The lowest BCUT2D eigenvalue weighted by atomic mass is 9.91. The summed E-state index contributed by atoms with van der Waals surface area (Å²) in [5.41, 5.74) is 1.22. The van der Waals surface area contributed by atoms with Crippen molar-refractivity contribution in [1.29, 1.82) is 0 Å². The molecule has 2 aliphatic heterocycles. The highest BCUT2D eigenvalue weighted by atomic mass is 16.5. The van der Waals surface area contributed by atoms with Gasteiger partial charge in [-0.05, 0) is 42.9 Å². The molecule has 2 fully saturated rings. The van der Waals surface area contributed by atoms with Gasteiger partial charge in [-0.15, -0.1) is 0 Å². The topological polar surface area (TPSA) is 45.2 Å². The van der Waals surface area contributed by atoms with Crippen LogP contribution in [0.15, 0.2) is 18.2 Å². The molecule has 3 rings (SSSR count). The molecule has 0 N–H and O–H groups in total. The standard InChI is InChI=1S/C23H37N3O3/c1-17-12-18(2)15-26(14-17)23(27)19(3)25-10-8-24(9-11-25)16-20-6-7-21(28-4)22(13-20)29-5/h6-7,13,17-19H,8-12,14-16H2,1-5H3/t17-,18+,19-/m1/s1. The number of amides is 1. The lowest BCUT2D eigenvalue weighted by Gasteiger charge is -2.41. The average molecular weight is 404 g/mol. The Hall–Kier alpha value is -1.79. The zero-order valence-corrected chi connectivity index (χ0v) is 18.7. The number of piperidine rings is 1. The number of hydrogen-bond donors (Lipinski definition) is 0. The van der Waals surface area contributed by atoms with Crippen LogP contribution in [0.1, 0.15) is 32.8 Å². The first-order valence-corrected chi connectivity index (χ1v) is 10.9. The second-order valence-corrected chi connectivity index (χ2v) is 8.87. The summed E-state index contributed by atoms with van der Waals surface area (Å²) in [6.07, 6.45) is 1.23. The molecule has 0 aromatic heterocycles. The Morgan fingerprint density at radius 2 is 1.66 bits per heavy atom. The van der Waals surface area contributed by atoms with Crippen LogP contribution in [0.3, 0.4) is 0 Å². The number of benzene rings is 1. The number of nitrogens with zero attached hydrogens (tertiary/aromatic N) is 3. The molecule has 6 heteroatoms. The molecule has 1 amide bonds. The quantitative estimate of drug-likeness (QED) is 0.731. The molecule has 2 aliphatic rings. The van der Waals surface area contributed by atoms with E-state index in [1.807, 2.05) is 6.07 Å². The summed E-state index contributed by atoms with van der Waals surface area (Å²) in [5, 5.41) is 0. The third-order valence-corrected chi connectivity index (χ3v) is 6.35. The van der Waals surface area contributed by atoms with Crippen LogP contribution in [-0.4, -0.2) is 80.1 Å². The Labute approximate surface area is 175 Å². The van der Waals surface area contributed by atoms with Gasteiger partial charge in [-0.25, -0.2) is 0 Å². The van der Waals surface area contributed by atoms with E-state index in [1.54, 1.807) is 14.2 Å². The molecule has 162 valence electrons. The number of carbonyl (C=O) groups excluding carboxylic acids is 1. The predicted molar refractivity (Wildman–Crippen MR) is 115 cm³/mol. The minimum absolute atomic E-state index is 0.0317. The van der Waals surface area contributed by atoms with Crippen molar-refractivity contribution >= 4 is 5.91 Å². The normalized spacial score (nSPS) is 24.9. The molecule has 0 saturated carbocycles. The summed E-state index contributed by atoms with van der Waals surface area (Å²) in [7, 11) is 3.33. The van der Waals surface area contributed by atoms with Crippen LogP contribution < -0.4 is 9.47 Å². The van der Waals surface area contributed by atoms with Gasteiger partial charge < -0.3 is 14.4 Å². The van der Waals surface area contributed by atoms with Crippen LogP contribution >= 0.6 is 0 Å². The Morgan fingerprint density at radius 3 is 2.24 bits per heavy atom. The Kier molecular flexibility index (Phi) is 7.41. The Balaban J connectivity index is 1.51. The summed E-state index contributed by atoms with van der Waals surface area (Å²) >= 11 is 0. The second-order valence-electron chi connectivity index (χ2n) is 8.87. The third-order valence-electron chi connectivity index (χ3n) is 6.35. The minimum atomic E-state index is -0.0317. The van der Waals surface area contributed by atoms with E-state index >= 15 is 0 Å². The molecule has 2 saturated heterocycles. The zero-order valence-electron chi connectivity index (χ0n) is 18.7. The van der Waals surface area contributed by atoms with Crippen LogP contribution in [0.2, 0.25) is 0 Å². The van der Waals surface area contributed by atoms with Gasteiger partial charge >= 0.3 is 0 Å². The summed E-state index contributed by atoms with van der Waals surface area (Å²) in [5.74, 6) is 3.04. The van der Waals surface area contributed by atoms with E-state index in [-0.39, 0.29) is 6.04 Å². The van der Waals surface area contributed by atoms with Crippen LogP contribution in [0.25, 0.3) is 0 Å². The number of rotatable bonds is 6. The van der Waals surface area contributed by atoms with Gasteiger partial charge in [0.2, 0.25) is 5.91 Å². The van der Waals surface area contributed by atoms with Gasteiger partial charge in [0.15, 0.2) is 11.5 Å². The van der Waals surface area contributed by atoms with Gasteiger partial charge in [0, 0.05) is 45.8 Å². The number of likely N-dealkylation sites (tertiary alicyclic amines) is 1. The van der Waals surface area contributed by atoms with Crippen LogP contribution in [0, 0.1) is 11.8 Å². The van der Waals surface area contributed by atoms with Gasteiger partial charge in [-0.3, -0.25) is 14.6 Å². The number of hydrogen-bond acceptors (Lipinski definition) is 5. The van der Waals surface area contributed by atoms with Crippen molar-refractivity contribution in [3.05, 3.63) is 23.8 Å². The first kappa shape index (κ1) is 21.9. The van der Waals surface area contributed by atoms with E-state index in [1.165, 1.54) is 12.0 Å². The van der Waals surface area contributed by atoms with Gasteiger partial charge in [0.25, 0.3) is 0 Å². The van der Waals surface area contributed by atoms with Gasteiger partial charge in [0.05, 0.1) is 20.3 Å². The molecule has 0 spiro atoms. The number of piperazine rings is 1. The molecule has 0 aliphatic carbocycles.